The van der Waals surface area contributed by atoms with Gasteiger partial charge in [0.15, 0.2) is 0 Å². The molecular weight excluding hydrogens is 268 g/mol. The second-order valence-electron chi connectivity index (χ2n) is 5.40. The minimum atomic E-state index is -0.379. The summed E-state index contributed by atoms with van der Waals surface area (Å²) in [6.45, 7) is 4.00. The number of nitrogens with two attached hydrogens (primary N) is 1. The van der Waals surface area contributed by atoms with Crippen molar-refractivity contribution in [3.63, 3.8) is 0 Å². The van der Waals surface area contributed by atoms with Gasteiger partial charge < -0.3 is 13.9 Å². The maximum atomic E-state index is 6.09. The molecule has 1 saturated heterocycles. The van der Waals surface area contributed by atoms with Gasteiger partial charge in [-0.25, -0.2) is 5.43 Å². The van der Waals surface area contributed by atoms with Crippen LogP contribution in [0.2, 0.25) is 0 Å². The SMILES string of the molecule is CCOC1(C(NN)c2cc3ccccc3o2)CCOCC1. The molecule has 0 spiro atoms. The van der Waals surface area contributed by atoms with Crippen LogP contribution in [0.3, 0.4) is 0 Å². The molecule has 1 aliphatic heterocycles. The van der Waals surface area contributed by atoms with E-state index in [4.69, 9.17) is 19.7 Å². The number of benzene rings is 1. The molecule has 5 heteroatoms. The second-order valence-corrected chi connectivity index (χ2v) is 5.40. The van der Waals surface area contributed by atoms with E-state index in [1.165, 1.54) is 0 Å². The number of fused-ring (bicyclic) bond motifs is 1. The van der Waals surface area contributed by atoms with Gasteiger partial charge in [-0.05, 0) is 19.1 Å². The zero-order valence-electron chi connectivity index (χ0n) is 12.3. The molecule has 1 aromatic carbocycles. The van der Waals surface area contributed by atoms with Crippen LogP contribution in [0.25, 0.3) is 11.0 Å². The summed E-state index contributed by atoms with van der Waals surface area (Å²) in [5.74, 6) is 6.66. The van der Waals surface area contributed by atoms with Gasteiger partial charge in [-0.1, -0.05) is 18.2 Å². The van der Waals surface area contributed by atoms with Crippen molar-refractivity contribution in [3.8, 4) is 0 Å². The quantitative estimate of drug-likeness (QED) is 0.654. The normalized spacial score (nSPS) is 19.7. The topological polar surface area (TPSA) is 69.7 Å². The van der Waals surface area contributed by atoms with Gasteiger partial charge in [-0.3, -0.25) is 5.84 Å². The van der Waals surface area contributed by atoms with Crippen LogP contribution in [-0.2, 0) is 9.47 Å². The predicted molar refractivity (Wildman–Crippen MR) is 80.7 cm³/mol. The molecule has 2 heterocycles. The molecule has 0 bridgehead atoms. The summed E-state index contributed by atoms with van der Waals surface area (Å²) in [5.41, 5.74) is 3.39. The number of hydrogen-bond donors (Lipinski definition) is 2. The lowest BCUT2D eigenvalue weighted by atomic mass is 9.84. The molecule has 1 unspecified atom stereocenters. The van der Waals surface area contributed by atoms with E-state index in [9.17, 15) is 0 Å². The molecule has 3 rings (SSSR count). The molecule has 21 heavy (non-hydrogen) atoms. The first-order valence-corrected chi connectivity index (χ1v) is 7.45. The van der Waals surface area contributed by atoms with Crippen LogP contribution in [0.1, 0.15) is 31.6 Å². The maximum absolute atomic E-state index is 6.09. The summed E-state index contributed by atoms with van der Waals surface area (Å²) < 4.78 is 17.6. The fourth-order valence-corrected chi connectivity index (χ4v) is 3.16. The molecule has 2 aromatic rings. The molecule has 3 N–H and O–H groups in total. The van der Waals surface area contributed by atoms with E-state index < -0.39 is 0 Å². The monoisotopic (exact) mass is 290 g/mol. The smallest absolute Gasteiger partial charge is 0.134 e. The summed E-state index contributed by atoms with van der Waals surface area (Å²) >= 11 is 0. The van der Waals surface area contributed by atoms with Crippen LogP contribution in [0.5, 0.6) is 0 Å². The summed E-state index contributed by atoms with van der Waals surface area (Å²) in [7, 11) is 0. The van der Waals surface area contributed by atoms with Gasteiger partial charge in [0.05, 0.1) is 5.60 Å². The lowest BCUT2D eigenvalue weighted by Crippen LogP contribution is -2.51. The van der Waals surface area contributed by atoms with Crippen molar-refractivity contribution in [2.45, 2.75) is 31.4 Å². The fraction of sp³-hybridized carbons (Fsp3) is 0.500. The van der Waals surface area contributed by atoms with E-state index in [2.05, 4.69) is 5.43 Å². The van der Waals surface area contributed by atoms with Crippen molar-refractivity contribution in [2.75, 3.05) is 19.8 Å². The predicted octanol–water partition coefficient (Wildman–Crippen LogP) is 2.52. The number of para-hydroxylation sites is 1. The lowest BCUT2D eigenvalue weighted by molar-refractivity contribution is -0.130. The number of furan rings is 1. The van der Waals surface area contributed by atoms with Gasteiger partial charge in [-0.15, -0.1) is 0 Å². The first-order valence-electron chi connectivity index (χ1n) is 7.45. The third-order valence-corrected chi connectivity index (χ3v) is 4.19. The number of hydrogen-bond acceptors (Lipinski definition) is 5. The molecule has 1 aliphatic rings. The number of ether oxygens (including phenoxy) is 2. The molecule has 0 saturated carbocycles. The Kier molecular flexibility index (Phi) is 4.26. The van der Waals surface area contributed by atoms with Crippen molar-refractivity contribution in [2.24, 2.45) is 5.84 Å². The lowest BCUT2D eigenvalue weighted by Gasteiger charge is -2.41. The summed E-state index contributed by atoms with van der Waals surface area (Å²) in [4.78, 5) is 0. The molecule has 0 amide bonds. The third-order valence-electron chi connectivity index (χ3n) is 4.19. The van der Waals surface area contributed by atoms with Crippen LogP contribution in [-0.4, -0.2) is 25.4 Å². The first kappa shape index (κ1) is 14.5. The average Bonchev–Trinajstić information content (AvgIpc) is 2.92. The van der Waals surface area contributed by atoms with Gasteiger partial charge in [-0.2, -0.15) is 0 Å². The molecular formula is C16H22N2O3. The molecule has 114 valence electrons. The van der Waals surface area contributed by atoms with Crippen molar-refractivity contribution in [1.29, 1.82) is 0 Å². The van der Waals surface area contributed by atoms with Crippen LogP contribution in [0.15, 0.2) is 34.7 Å². The van der Waals surface area contributed by atoms with Gasteiger partial charge in [0.1, 0.15) is 17.4 Å². The Morgan fingerprint density at radius 2 is 2.10 bits per heavy atom. The highest BCUT2D eigenvalue weighted by atomic mass is 16.5. The standard InChI is InChI=1S/C16H22N2O3/c1-2-20-16(7-9-19-10-8-16)15(18-17)14-11-12-5-3-4-6-13(12)21-14/h3-6,11,15,18H,2,7-10,17H2,1H3. The van der Waals surface area contributed by atoms with Crippen LogP contribution >= 0.6 is 0 Å². The maximum Gasteiger partial charge on any atom is 0.134 e. The summed E-state index contributed by atoms with van der Waals surface area (Å²) in [5, 5.41) is 1.08. The third kappa shape index (κ3) is 2.70. The minimum absolute atomic E-state index is 0.186. The van der Waals surface area contributed by atoms with E-state index in [0.717, 1.165) is 29.6 Å². The largest absolute Gasteiger partial charge is 0.459 e. The number of hydrazine groups is 1. The van der Waals surface area contributed by atoms with Gasteiger partial charge in [0.2, 0.25) is 0 Å². The van der Waals surface area contributed by atoms with Crippen molar-refractivity contribution in [3.05, 3.63) is 36.1 Å². The summed E-state index contributed by atoms with van der Waals surface area (Å²) in [6, 6.07) is 9.81. The van der Waals surface area contributed by atoms with E-state index >= 15 is 0 Å². The Balaban J connectivity index is 1.98. The van der Waals surface area contributed by atoms with Crippen LogP contribution in [0.4, 0.5) is 0 Å². The second kappa shape index (κ2) is 6.15. The van der Waals surface area contributed by atoms with E-state index in [-0.39, 0.29) is 11.6 Å². The summed E-state index contributed by atoms with van der Waals surface area (Å²) in [6.07, 6.45) is 1.60. The Bertz CT molecular complexity index is 551. The molecule has 1 atom stereocenters. The highest BCUT2D eigenvalue weighted by molar-refractivity contribution is 5.77. The first-order chi connectivity index (χ1) is 10.3. The number of nitrogens with one attached hydrogen (secondary N) is 1. The highest BCUT2D eigenvalue weighted by Gasteiger charge is 2.43. The molecule has 0 radical (unpaired) electrons. The van der Waals surface area contributed by atoms with Crippen molar-refractivity contribution >= 4 is 11.0 Å². The minimum Gasteiger partial charge on any atom is -0.459 e. The van der Waals surface area contributed by atoms with Gasteiger partial charge in [0.25, 0.3) is 0 Å². The van der Waals surface area contributed by atoms with Crippen molar-refractivity contribution in [1.82, 2.24) is 5.43 Å². The van der Waals surface area contributed by atoms with E-state index in [1.54, 1.807) is 0 Å². The van der Waals surface area contributed by atoms with E-state index in [0.29, 0.717) is 19.8 Å². The Hall–Kier alpha value is -1.40. The molecule has 1 aromatic heterocycles. The van der Waals surface area contributed by atoms with Gasteiger partial charge in [0, 0.05) is 38.0 Å². The average molecular weight is 290 g/mol. The Labute approximate surface area is 124 Å². The Morgan fingerprint density at radius 3 is 2.76 bits per heavy atom. The fourth-order valence-electron chi connectivity index (χ4n) is 3.16. The van der Waals surface area contributed by atoms with Crippen LogP contribution < -0.4 is 11.3 Å². The molecule has 1 fully saturated rings. The zero-order chi connectivity index (χ0) is 14.7. The zero-order valence-corrected chi connectivity index (χ0v) is 12.3. The Morgan fingerprint density at radius 1 is 1.33 bits per heavy atom. The molecule has 0 aliphatic carbocycles. The molecule has 5 nitrogen and oxygen atoms in total. The number of rotatable bonds is 5. The van der Waals surface area contributed by atoms with Gasteiger partial charge >= 0.3 is 0 Å². The van der Waals surface area contributed by atoms with E-state index in [1.807, 2.05) is 37.3 Å². The van der Waals surface area contributed by atoms with Crippen LogP contribution in [0, 0.1) is 0 Å². The van der Waals surface area contributed by atoms with Crippen molar-refractivity contribution < 1.29 is 13.9 Å². The highest BCUT2D eigenvalue weighted by Crippen LogP contribution is 2.39.